The fraction of sp³-hybridized carbons (Fsp3) is 0.583. The number of nitrogen functional groups attached to an aromatic ring is 1. The number of hydrazine groups is 1. The number of hydrogen-bond donors (Lipinski definition) is 2. The molecular weight excluding hydrogens is 216 g/mol. The maximum Gasteiger partial charge on any atom is 0.139 e. The van der Waals surface area contributed by atoms with Crippen LogP contribution in [0.2, 0.25) is 0 Å². The second-order valence-corrected chi connectivity index (χ2v) is 4.33. The zero-order valence-electron chi connectivity index (χ0n) is 10.2. The van der Waals surface area contributed by atoms with E-state index in [0.29, 0.717) is 11.9 Å². The van der Waals surface area contributed by atoms with Gasteiger partial charge in [-0.25, -0.2) is 10.8 Å². The molecule has 0 amide bonds. The minimum Gasteiger partial charge on any atom is -0.376 e. The van der Waals surface area contributed by atoms with E-state index in [9.17, 15) is 0 Å². The van der Waals surface area contributed by atoms with E-state index < -0.39 is 0 Å². The number of aromatic nitrogens is 1. The van der Waals surface area contributed by atoms with E-state index >= 15 is 0 Å². The van der Waals surface area contributed by atoms with E-state index in [2.05, 4.69) is 28.3 Å². The standard InChI is InChI=1S/C12H20N4O/c1-2-11-9-16(5-6-17-11)8-10-3-4-12(15-13)14-7-10/h3-4,7,11H,2,5-6,8-9,13H2,1H3,(H,14,15). The molecule has 3 N–H and O–H groups in total. The van der Waals surface area contributed by atoms with Gasteiger partial charge in [0.15, 0.2) is 0 Å². The van der Waals surface area contributed by atoms with Gasteiger partial charge in [0.1, 0.15) is 5.82 Å². The molecule has 2 rings (SSSR count). The van der Waals surface area contributed by atoms with Crippen LogP contribution in [0, 0.1) is 0 Å². The fourth-order valence-corrected chi connectivity index (χ4v) is 2.03. The summed E-state index contributed by atoms with van der Waals surface area (Å²) in [6.07, 6.45) is 3.32. The van der Waals surface area contributed by atoms with Gasteiger partial charge in [0.25, 0.3) is 0 Å². The van der Waals surface area contributed by atoms with Crippen LogP contribution < -0.4 is 11.3 Å². The Morgan fingerprint density at radius 2 is 2.47 bits per heavy atom. The van der Waals surface area contributed by atoms with Gasteiger partial charge in [-0.1, -0.05) is 13.0 Å². The van der Waals surface area contributed by atoms with Crippen LogP contribution in [-0.4, -0.2) is 35.7 Å². The van der Waals surface area contributed by atoms with Gasteiger partial charge in [-0.2, -0.15) is 0 Å². The second-order valence-electron chi connectivity index (χ2n) is 4.33. The third kappa shape index (κ3) is 3.39. The highest BCUT2D eigenvalue weighted by molar-refractivity contribution is 5.33. The number of ether oxygens (including phenoxy) is 1. The Labute approximate surface area is 102 Å². The molecule has 5 heteroatoms. The van der Waals surface area contributed by atoms with Crippen LogP contribution in [0.3, 0.4) is 0 Å². The van der Waals surface area contributed by atoms with Crippen molar-refractivity contribution in [1.82, 2.24) is 9.88 Å². The molecule has 1 aliphatic heterocycles. The highest BCUT2D eigenvalue weighted by atomic mass is 16.5. The molecule has 2 heterocycles. The topological polar surface area (TPSA) is 63.4 Å². The lowest BCUT2D eigenvalue weighted by Crippen LogP contribution is -2.41. The van der Waals surface area contributed by atoms with Crippen LogP contribution in [0.25, 0.3) is 0 Å². The largest absolute Gasteiger partial charge is 0.376 e. The quantitative estimate of drug-likeness (QED) is 0.602. The Morgan fingerprint density at radius 3 is 3.12 bits per heavy atom. The molecule has 1 aromatic rings. The van der Waals surface area contributed by atoms with E-state index in [0.717, 1.165) is 32.7 Å². The molecule has 0 radical (unpaired) electrons. The average Bonchev–Trinajstić information content (AvgIpc) is 2.40. The summed E-state index contributed by atoms with van der Waals surface area (Å²) >= 11 is 0. The molecule has 1 aliphatic rings. The maximum atomic E-state index is 5.65. The van der Waals surface area contributed by atoms with E-state index in [1.165, 1.54) is 5.56 Å². The summed E-state index contributed by atoms with van der Waals surface area (Å²) in [5.74, 6) is 5.98. The average molecular weight is 236 g/mol. The van der Waals surface area contributed by atoms with Gasteiger partial charge in [0.2, 0.25) is 0 Å². The van der Waals surface area contributed by atoms with Gasteiger partial charge < -0.3 is 10.2 Å². The molecule has 0 spiro atoms. The van der Waals surface area contributed by atoms with Crippen molar-refractivity contribution in [3.63, 3.8) is 0 Å². The summed E-state index contributed by atoms with van der Waals surface area (Å²) in [7, 11) is 0. The van der Waals surface area contributed by atoms with Gasteiger partial charge in [-0.15, -0.1) is 0 Å². The predicted molar refractivity (Wildman–Crippen MR) is 67.4 cm³/mol. The predicted octanol–water partition coefficient (Wildman–Crippen LogP) is 0.978. The monoisotopic (exact) mass is 236 g/mol. The summed E-state index contributed by atoms with van der Waals surface area (Å²) in [5, 5.41) is 0. The number of rotatable bonds is 4. The Morgan fingerprint density at radius 1 is 1.59 bits per heavy atom. The van der Waals surface area contributed by atoms with Crippen LogP contribution in [0.15, 0.2) is 18.3 Å². The maximum absolute atomic E-state index is 5.65. The summed E-state index contributed by atoms with van der Waals surface area (Å²) in [6.45, 7) is 5.92. The van der Waals surface area contributed by atoms with E-state index in [1.807, 2.05) is 12.3 Å². The molecule has 0 bridgehead atoms. The van der Waals surface area contributed by atoms with Gasteiger partial charge in [0, 0.05) is 25.8 Å². The summed E-state index contributed by atoms with van der Waals surface area (Å²) in [5.41, 5.74) is 3.74. The summed E-state index contributed by atoms with van der Waals surface area (Å²) in [6, 6.07) is 3.95. The third-order valence-electron chi connectivity index (χ3n) is 3.06. The van der Waals surface area contributed by atoms with E-state index in [4.69, 9.17) is 10.6 Å². The molecule has 1 aromatic heterocycles. The first kappa shape index (κ1) is 12.3. The molecular formula is C12H20N4O. The molecule has 1 unspecified atom stereocenters. The van der Waals surface area contributed by atoms with Crippen molar-refractivity contribution in [2.45, 2.75) is 26.0 Å². The number of nitrogens with one attached hydrogen (secondary N) is 1. The number of morpholine rings is 1. The molecule has 1 fully saturated rings. The molecule has 1 atom stereocenters. The third-order valence-corrected chi connectivity index (χ3v) is 3.06. The molecule has 5 nitrogen and oxygen atoms in total. The lowest BCUT2D eigenvalue weighted by Gasteiger charge is -2.32. The Kier molecular flexibility index (Phi) is 4.30. The van der Waals surface area contributed by atoms with Gasteiger partial charge >= 0.3 is 0 Å². The number of anilines is 1. The van der Waals surface area contributed by atoms with E-state index in [-0.39, 0.29) is 0 Å². The molecule has 0 aromatic carbocycles. The smallest absolute Gasteiger partial charge is 0.139 e. The van der Waals surface area contributed by atoms with Crippen molar-refractivity contribution >= 4 is 5.82 Å². The molecule has 17 heavy (non-hydrogen) atoms. The lowest BCUT2D eigenvalue weighted by molar-refractivity contribution is -0.0324. The molecule has 0 saturated carbocycles. The van der Waals surface area contributed by atoms with Gasteiger partial charge in [0.05, 0.1) is 12.7 Å². The number of hydrogen-bond acceptors (Lipinski definition) is 5. The van der Waals surface area contributed by atoms with Crippen molar-refractivity contribution < 1.29 is 4.74 Å². The van der Waals surface area contributed by atoms with Crippen molar-refractivity contribution in [2.24, 2.45) is 5.84 Å². The van der Waals surface area contributed by atoms with Crippen LogP contribution in [0.4, 0.5) is 5.82 Å². The second kappa shape index (κ2) is 5.95. The minimum absolute atomic E-state index is 0.377. The Hall–Kier alpha value is -1.17. The first-order valence-corrected chi connectivity index (χ1v) is 6.07. The van der Waals surface area contributed by atoms with E-state index in [1.54, 1.807) is 0 Å². The van der Waals surface area contributed by atoms with Gasteiger partial charge in [-0.3, -0.25) is 4.90 Å². The molecule has 1 saturated heterocycles. The lowest BCUT2D eigenvalue weighted by atomic mass is 10.2. The zero-order valence-corrected chi connectivity index (χ0v) is 10.2. The number of pyridine rings is 1. The van der Waals surface area contributed by atoms with Crippen LogP contribution in [0.5, 0.6) is 0 Å². The van der Waals surface area contributed by atoms with Crippen molar-refractivity contribution in [3.8, 4) is 0 Å². The highest BCUT2D eigenvalue weighted by Crippen LogP contribution is 2.12. The Bertz CT molecular complexity index is 341. The van der Waals surface area contributed by atoms with Crippen molar-refractivity contribution in [1.29, 1.82) is 0 Å². The molecule has 0 aliphatic carbocycles. The highest BCUT2D eigenvalue weighted by Gasteiger charge is 2.18. The van der Waals surface area contributed by atoms with Crippen LogP contribution in [0.1, 0.15) is 18.9 Å². The first-order valence-electron chi connectivity index (χ1n) is 6.07. The summed E-state index contributed by atoms with van der Waals surface area (Å²) < 4.78 is 5.65. The minimum atomic E-state index is 0.377. The Balaban J connectivity index is 1.90. The zero-order chi connectivity index (χ0) is 12.1. The van der Waals surface area contributed by atoms with Crippen LogP contribution in [-0.2, 0) is 11.3 Å². The first-order chi connectivity index (χ1) is 8.31. The van der Waals surface area contributed by atoms with Gasteiger partial charge in [-0.05, 0) is 18.1 Å². The fourth-order valence-electron chi connectivity index (χ4n) is 2.03. The normalized spacial score (nSPS) is 21.4. The number of nitrogens with zero attached hydrogens (tertiary/aromatic N) is 2. The number of nitrogens with two attached hydrogens (primary N) is 1. The summed E-state index contributed by atoms with van der Waals surface area (Å²) in [4.78, 5) is 6.61. The molecule has 94 valence electrons. The SMILES string of the molecule is CCC1CN(Cc2ccc(NN)nc2)CCO1. The van der Waals surface area contributed by atoms with Crippen LogP contribution >= 0.6 is 0 Å². The van der Waals surface area contributed by atoms with Crippen molar-refractivity contribution in [2.75, 3.05) is 25.1 Å². The van der Waals surface area contributed by atoms with Crippen molar-refractivity contribution in [3.05, 3.63) is 23.9 Å².